The van der Waals surface area contributed by atoms with Gasteiger partial charge < -0.3 is 44.4 Å². The smallest absolute Gasteiger partial charge is 0.495 e. The third kappa shape index (κ3) is 15.5. The lowest BCUT2D eigenvalue weighted by Crippen LogP contribution is -2.45. The van der Waals surface area contributed by atoms with E-state index in [9.17, 15) is 19.8 Å². The number of ether oxygens (including phenoxy) is 3. The van der Waals surface area contributed by atoms with Crippen LogP contribution in [-0.2, 0) is 41.0 Å². The van der Waals surface area contributed by atoms with E-state index in [2.05, 4.69) is 42.9 Å². The van der Waals surface area contributed by atoms with Crippen molar-refractivity contribution in [3.05, 3.63) is 161 Å². The number of hydrogen-bond donors (Lipinski definition) is 4. The molecule has 2 saturated carbocycles. The Kier molecular flexibility index (Phi) is 20.8. The van der Waals surface area contributed by atoms with Gasteiger partial charge in [0.05, 0.1) is 72.7 Å². The van der Waals surface area contributed by atoms with Gasteiger partial charge in [0.25, 0.3) is 11.8 Å². The van der Waals surface area contributed by atoms with E-state index in [-0.39, 0.29) is 42.2 Å². The third-order valence-electron chi connectivity index (χ3n) is 16.6. The van der Waals surface area contributed by atoms with Gasteiger partial charge in [-0.3, -0.25) is 23.9 Å². The van der Waals surface area contributed by atoms with Crippen molar-refractivity contribution in [2.24, 2.45) is 14.1 Å². The van der Waals surface area contributed by atoms with E-state index < -0.39 is 12.2 Å². The van der Waals surface area contributed by atoms with E-state index in [1.807, 2.05) is 127 Å². The first kappa shape index (κ1) is 62.3. The zero-order valence-electron chi connectivity index (χ0n) is 50.1. The average Bonchev–Trinajstić information content (AvgIpc) is 2.41. The van der Waals surface area contributed by atoms with Crippen LogP contribution < -0.4 is 25.6 Å². The molecule has 0 spiro atoms. The number of carbonyl (C=O) groups is 2. The van der Waals surface area contributed by atoms with Crippen molar-refractivity contribution >= 4 is 57.5 Å². The normalized spacial score (nSPS) is 19.6. The minimum Gasteiger partial charge on any atom is -0.495 e. The van der Waals surface area contributed by atoms with Crippen molar-refractivity contribution in [2.45, 2.75) is 140 Å². The second-order valence-corrected chi connectivity index (χ2v) is 23.7. The van der Waals surface area contributed by atoms with E-state index in [1.54, 1.807) is 48.2 Å². The van der Waals surface area contributed by atoms with Crippen molar-refractivity contribution < 1.29 is 43.3 Å². The van der Waals surface area contributed by atoms with Gasteiger partial charge in [-0.05, 0) is 136 Å². The number of fused-ring (bicyclic) bond motifs is 2. The van der Waals surface area contributed by atoms with Crippen LogP contribution in [-0.4, -0.2) is 122 Å². The first-order valence-electron chi connectivity index (χ1n) is 29.5. The Hall–Kier alpha value is -7.19. The van der Waals surface area contributed by atoms with Gasteiger partial charge in [0, 0.05) is 80.1 Å². The predicted molar refractivity (Wildman–Crippen MR) is 333 cm³/mol. The van der Waals surface area contributed by atoms with E-state index in [4.69, 9.17) is 35.1 Å². The van der Waals surface area contributed by atoms with Crippen molar-refractivity contribution in [3.63, 3.8) is 0 Å². The van der Waals surface area contributed by atoms with Crippen LogP contribution in [0.2, 0.25) is 5.15 Å². The van der Waals surface area contributed by atoms with Crippen LogP contribution >= 0.6 is 11.6 Å². The number of aliphatic hydroxyl groups excluding tert-OH is 2. The van der Waals surface area contributed by atoms with Gasteiger partial charge in [0.15, 0.2) is 0 Å². The highest BCUT2D eigenvalue weighted by Gasteiger charge is 2.52. The van der Waals surface area contributed by atoms with Crippen molar-refractivity contribution in [1.29, 1.82) is 0 Å². The van der Waals surface area contributed by atoms with E-state index >= 15 is 0 Å². The lowest BCUT2D eigenvalue weighted by Gasteiger charge is -2.32. The summed E-state index contributed by atoms with van der Waals surface area (Å²) in [5, 5.41) is 39.3. The second-order valence-electron chi connectivity index (χ2n) is 23.3. The molecule has 4 fully saturated rings. The maximum absolute atomic E-state index is 13.4. The molecule has 4 aliphatic rings. The summed E-state index contributed by atoms with van der Waals surface area (Å²) in [6.45, 7) is 10.2. The monoisotopic (exact) mass is 1170 g/mol. The van der Waals surface area contributed by atoms with Crippen molar-refractivity contribution in [3.8, 4) is 22.8 Å². The number of amides is 2. The molecule has 0 bridgehead atoms. The van der Waals surface area contributed by atoms with Gasteiger partial charge >= 0.3 is 7.12 Å². The molecule has 6 heterocycles. The fourth-order valence-corrected chi connectivity index (χ4v) is 11.3. The van der Waals surface area contributed by atoms with Crippen LogP contribution in [0, 0.1) is 0 Å². The fraction of sp³-hybridized carbons (Fsp3) is 0.424. The maximum atomic E-state index is 13.4. The molecule has 2 aliphatic carbocycles. The predicted octanol–water partition coefficient (Wildman–Crippen LogP) is 10.3. The number of nitrogens with zero attached hydrogens (tertiary/aromatic N) is 6. The number of nitrogens with one attached hydrogen (secondary N) is 2. The van der Waals surface area contributed by atoms with Crippen molar-refractivity contribution in [2.75, 3.05) is 27.4 Å². The Morgan fingerprint density at radius 1 is 0.624 bits per heavy atom. The van der Waals surface area contributed by atoms with E-state index in [0.717, 1.165) is 112 Å². The number of halogens is 1. The number of carbonyl (C=O) groups excluding carboxylic acids is 2. The molecule has 19 heteroatoms. The molecule has 4 N–H and O–H groups in total. The molecular weight excluding hydrogens is 1100 g/mol. The summed E-state index contributed by atoms with van der Waals surface area (Å²) >= 11 is 5.92. The topological polar surface area (TPSA) is 206 Å². The highest BCUT2D eigenvalue weighted by Crippen LogP contribution is 2.38. The molecule has 4 atom stereocenters. The zero-order chi connectivity index (χ0) is 60.3. The van der Waals surface area contributed by atoms with Gasteiger partial charge in [-0.15, -0.1) is 0 Å². The molecule has 17 nitrogen and oxygen atoms in total. The molecule has 2 amide bonds. The third-order valence-corrected chi connectivity index (χ3v) is 16.9. The van der Waals surface area contributed by atoms with Gasteiger partial charge in [-0.2, -0.15) is 10.2 Å². The molecule has 8 aromatic rings. The number of aromatic nitrogens is 6. The molecule has 12 rings (SSSR count). The first-order valence-corrected chi connectivity index (χ1v) is 29.9. The maximum Gasteiger partial charge on any atom is 0.498 e. The number of aryl methyl sites for hydroxylation is 2. The average molecular weight is 1180 g/mol. The second kappa shape index (κ2) is 28.3. The van der Waals surface area contributed by atoms with Crippen LogP contribution in [0.15, 0.2) is 122 Å². The molecule has 85 heavy (non-hydrogen) atoms. The lowest BCUT2D eigenvalue weighted by atomic mass is 9.82. The van der Waals surface area contributed by atoms with Crippen LogP contribution in [0.5, 0.6) is 11.5 Å². The molecule has 4 aromatic carbocycles. The summed E-state index contributed by atoms with van der Waals surface area (Å²) in [5.74, 6) is 0.660. The Labute approximate surface area is 503 Å². The molecule has 448 valence electrons. The van der Waals surface area contributed by atoms with Crippen LogP contribution in [0.3, 0.4) is 0 Å². The number of methoxy groups -OCH3 is 2. The van der Waals surface area contributed by atoms with Crippen molar-refractivity contribution in [1.82, 2.24) is 40.2 Å². The molecular formula is C66H80BClN8O9. The fourth-order valence-electron chi connectivity index (χ4n) is 11.2. The summed E-state index contributed by atoms with van der Waals surface area (Å²) in [4.78, 5) is 35.4. The number of rotatable bonds is 12. The summed E-state index contributed by atoms with van der Waals surface area (Å²) in [6, 6.07) is 27.0. The first-order chi connectivity index (χ1) is 40.9. The van der Waals surface area contributed by atoms with Crippen LogP contribution in [0.1, 0.15) is 135 Å². The summed E-state index contributed by atoms with van der Waals surface area (Å²) in [7, 11) is 6.64. The van der Waals surface area contributed by atoms with E-state index in [1.165, 1.54) is 12.8 Å². The highest BCUT2D eigenvalue weighted by molar-refractivity contribution is 6.62. The zero-order valence-corrected chi connectivity index (χ0v) is 50.9. The van der Waals surface area contributed by atoms with Crippen LogP contribution in [0.4, 0.5) is 0 Å². The Balaban J connectivity index is 0.000000155. The van der Waals surface area contributed by atoms with Crippen LogP contribution in [0.25, 0.3) is 32.8 Å². The molecule has 4 aromatic heterocycles. The van der Waals surface area contributed by atoms with E-state index in [0.29, 0.717) is 53.5 Å². The molecule has 2 aliphatic heterocycles. The molecule has 0 unspecified atom stereocenters. The van der Waals surface area contributed by atoms with Gasteiger partial charge in [-0.25, -0.2) is 4.98 Å². The number of benzene rings is 4. The summed E-state index contributed by atoms with van der Waals surface area (Å²) in [6.07, 6.45) is 20.8. The van der Waals surface area contributed by atoms with Gasteiger partial charge in [0.1, 0.15) is 16.7 Å². The molecule has 0 radical (unpaired) electrons. The quantitative estimate of drug-likeness (QED) is 0.0665. The lowest BCUT2D eigenvalue weighted by molar-refractivity contribution is 0.00578. The van der Waals surface area contributed by atoms with Gasteiger partial charge in [0.2, 0.25) is 0 Å². The standard InChI is InChI=1S/C28H30N4O3.C24H25ClN2O3.C10H17BN2O2.C4H8O/c1-32-17-20(16-30-32)24-12-11-18(15-29-24)13-19-14-23(27(35-2)22-8-4-3-7-21(19)22)28(34)31-25-9-5-6-10-26(25)33;1-30-23-18-7-3-2-6-17(18)16(12-15-10-11-22(25)26-14-15)13-19(23)24(29)27-20-8-4-5-9-21(20)28;1-9(2)10(3,4)15-11(14-9)8-6-12-13(5)7-8;1-2-4-5-3-1/h3-4,7-8,11-12,14-17,25-26,33H,5-6,9-10,13H2,1-2H3,(H,31,34);2-3,6-7,10-11,13-14,20-21,28H,4-5,8-9,12H2,1H3,(H,27,29);6-7H,1-5H3;1-4H2/t25-,26-;20-,21-;;/m00../s1. The number of aliphatic hydroxyl groups is 2. The Morgan fingerprint density at radius 2 is 1.09 bits per heavy atom. The Bertz CT molecular complexity index is 3510. The SMILES string of the molecule is C1CCOC1.COc1c(C(=O)N[C@H]2CCCC[C@@H]2O)cc(Cc2ccc(-c3cnn(C)c3)nc2)c2ccccc12.COc1c(C(=O)N[C@H]2CCCC[C@@H]2O)cc(Cc2ccc(Cl)nc2)c2ccccc12.Cn1cc(B2OC(C)(C)C(C)(C)O2)cn1. The summed E-state index contributed by atoms with van der Waals surface area (Å²) in [5.41, 5.74) is 7.27. The molecule has 2 saturated heterocycles. The largest absolute Gasteiger partial charge is 0.498 e. The Morgan fingerprint density at radius 3 is 1.49 bits per heavy atom. The number of hydrogen-bond acceptors (Lipinski definition) is 13. The summed E-state index contributed by atoms with van der Waals surface area (Å²) < 4.78 is 31.6. The minimum atomic E-state index is -0.511. The minimum absolute atomic E-state index is 0.218. The number of pyridine rings is 2. The van der Waals surface area contributed by atoms with Gasteiger partial charge in [-0.1, -0.05) is 97.9 Å². The highest BCUT2D eigenvalue weighted by atomic mass is 35.5.